The molecule has 4 aromatic heterocycles. The summed E-state index contributed by atoms with van der Waals surface area (Å²) in [4.78, 5) is 15.4. The van der Waals surface area contributed by atoms with Crippen molar-refractivity contribution >= 4 is 54.6 Å². The number of imidazole rings is 1. The molecule has 4 heterocycles. The Labute approximate surface area is 303 Å². The molecule has 0 spiro atoms. The van der Waals surface area contributed by atoms with Gasteiger partial charge < -0.3 is 9.55 Å². The van der Waals surface area contributed by atoms with Gasteiger partial charge >= 0.3 is 21.1 Å². The van der Waals surface area contributed by atoms with Gasteiger partial charge in [-0.3, -0.25) is 4.57 Å². The van der Waals surface area contributed by atoms with Crippen molar-refractivity contribution in [3.8, 4) is 34.0 Å². The van der Waals surface area contributed by atoms with Gasteiger partial charge in [0.15, 0.2) is 0 Å². The maximum atomic E-state index is 5.51. The largest absolute Gasteiger partial charge is 2.00 e. The summed E-state index contributed by atoms with van der Waals surface area (Å²) in [6.45, 7) is 4.29. The number of benzene rings is 6. The normalized spacial score (nSPS) is 11.6. The molecule has 0 aliphatic rings. The number of fused-ring (bicyclic) bond motifs is 7. The van der Waals surface area contributed by atoms with Crippen LogP contribution in [0.2, 0.25) is 0 Å². The molecule has 6 heteroatoms. The standard InChI is InChI=1S/C44H29N5.Pt/c1-27-11-9-12-30(23-27)48-40-25-28(2)24-36(43(40)47-44(48)35-16-10-15-34-31-13-3-5-17-37(31)46-42(34)35)29-20-21-33-32-14-4-6-18-38(32)49(39(33)26-29)41-19-7-8-22-45-41;/h3-25H,1-2H3;/q-2;+2. The van der Waals surface area contributed by atoms with Crippen LogP contribution in [0.5, 0.6) is 0 Å². The molecule has 50 heavy (non-hydrogen) atoms. The predicted molar refractivity (Wildman–Crippen MR) is 201 cm³/mol. The number of para-hydroxylation sites is 3. The van der Waals surface area contributed by atoms with Gasteiger partial charge in [-0.25, -0.2) is 9.97 Å². The van der Waals surface area contributed by atoms with E-state index in [1.165, 1.54) is 10.9 Å². The van der Waals surface area contributed by atoms with Crippen molar-refractivity contribution in [1.29, 1.82) is 0 Å². The SMILES string of the molecule is Cc1cccc(-n2c(-c3cccc4c3[n-]c3ccccc34)nc3c(-c4[c-]c5c(cc4)c4ccccc4n5-c4ccccn4)cc(C)cc32)c1.[Pt+2]. The van der Waals surface area contributed by atoms with Crippen molar-refractivity contribution in [3.05, 3.63) is 157 Å². The van der Waals surface area contributed by atoms with E-state index in [2.05, 4.69) is 144 Å². The molecule has 0 amide bonds. The minimum absolute atomic E-state index is 0. The van der Waals surface area contributed by atoms with E-state index in [-0.39, 0.29) is 21.1 Å². The molecule has 0 aliphatic heterocycles. The first-order chi connectivity index (χ1) is 24.1. The molecular formula is C44H29N5Pt. The topological polar surface area (TPSA) is 49.7 Å². The van der Waals surface area contributed by atoms with Crippen LogP contribution in [-0.2, 0) is 21.1 Å². The van der Waals surface area contributed by atoms with Gasteiger partial charge in [0.25, 0.3) is 0 Å². The van der Waals surface area contributed by atoms with Crippen LogP contribution >= 0.6 is 0 Å². The smallest absolute Gasteiger partial charge is 0.656 e. The van der Waals surface area contributed by atoms with Crippen LogP contribution in [0.25, 0.3) is 88.7 Å². The molecule has 0 aliphatic carbocycles. The van der Waals surface area contributed by atoms with E-state index < -0.39 is 0 Å². The number of aromatic nitrogens is 5. The van der Waals surface area contributed by atoms with E-state index in [4.69, 9.17) is 15.0 Å². The quantitative estimate of drug-likeness (QED) is 0.166. The van der Waals surface area contributed by atoms with Gasteiger partial charge in [-0.05, 0) is 77.5 Å². The fourth-order valence-corrected chi connectivity index (χ4v) is 7.49. The third-order valence-corrected chi connectivity index (χ3v) is 9.62. The third-order valence-electron chi connectivity index (χ3n) is 9.62. The Morgan fingerprint density at radius 2 is 1.40 bits per heavy atom. The monoisotopic (exact) mass is 822 g/mol. The van der Waals surface area contributed by atoms with Crippen LogP contribution in [0.4, 0.5) is 0 Å². The molecule has 0 saturated carbocycles. The van der Waals surface area contributed by atoms with E-state index >= 15 is 0 Å². The average molecular weight is 823 g/mol. The van der Waals surface area contributed by atoms with Gasteiger partial charge in [0.05, 0.1) is 11.0 Å². The van der Waals surface area contributed by atoms with Crippen LogP contribution in [0.3, 0.4) is 0 Å². The van der Waals surface area contributed by atoms with Gasteiger partial charge in [0.2, 0.25) is 0 Å². The summed E-state index contributed by atoms with van der Waals surface area (Å²) >= 11 is 0. The Kier molecular flexibility index (Phi) is 7.08. The van der Waals surface area contributed by atoms with Gasteiger partial charge in [-0.1, -0.05) is 101 Å². The summed E-state index contributed by atoms with van der Waals surface area (Å²) in [5, 5.41) is 4.60. The van der Waals surface area contributed by atoms with Crippen molar-refractivity contribution in [2.24, 2.45) is 0 Å². The summed E-state index contributed by atoms with van der Waals surface area (Å²) < 4.78 is 4.51. The maximum Gasteiger partial charge on any atom is 2.00 e. The Bertz CT molecular complexity index is 2910. The van der Waals surface area contributed by atoms with Crippen LogP contribution in [0.1, 0.15) is 11.1 Å². The van der Waals surface area contributed by atoms with Crippen LogP contribution < -0.4 is 4.98 Å². The zero-order chi connectivity index (χ0) is 32.6. The predicted octanol–water partition coefficient (Wildman–Crippen LogP) is 10.5. The Balaban J connectivity index is 0.00000336. The molecule has 0 saturated heterocycles. The fourth-order valence-electron chi connectivity index (χ4n) is 7.49. The second kappa shape index (κ2) is 11.7. The number of pyridine rings is 1. The third kappa shape index (κ3) is 4.58. The molecule has 10 rings (SSSR count). The summed E-state index contributed by atoms with van der Waals surface area (Å²) in [7, 11) is 0. The Morgan fingerprint density at radius 1 is 0.600 bits per heavy atom. The summed E-state index contributed by atoms with van der Waals surface area (Å²) in [6, 6.07) is 50.7. The van der Waals surface area contributed by atoms with Crippen LogP contribution in [0, 0.1) is 19.9 Å². The van der Waals surface area contributed by atoms with Crippen molar-refractivity contribution in [3.63, 3.8) is 0 Å². The second-order valence-electron chi connectivity index (χ2n) is 12.8. The van der Waals surface area contributed by atoms with Crippen LogP contribution in [0.15, 0.2) is 140 Å². The molecule has 0 unspecified atom stereocenters. The number of nitrogens with zero attached hydrogens (tertiary/aromatic N) is 5. The van der Waals surface area contributed by atoms with Crippen molar-refractivity contribution in [2.45, 2.75) is 13.8 Å². The first-order valence-electron chi connectivity index (χ1n) is 16.5. The van der Waals surface area contributed by atoms with E-state index in [1.807, 2.05) is 24.4 Å². The van der Waals surface area contributed by atoms with Gasteiger partial charge in [-0.15, -0.1) is 34.8 Å². The molecule has 0 fully saturated rings. The van der Waals surface area contributed by atoms with Crippen molar-refractivity contribution in [2.75, 3.05) is 0 Å². The zero-order valence-electron chi connectivity index (χ0n) is 27.3. The molecule has 0 N–H and O–H groups in total. The van der Waals surface area contributed by atoms with Gasteiger partial charge in [-0.2, -0.15) is 0 Å². The summed E-state index contributed by atoms with van der Waals surface area (Å²) in [5.74, 6) is 1.73. The Hall–Kier alpha value is -5.77. The Morgan fingerprint density at radius 3 is 2.26 bits per heavy atom. The first kappa shape index (κ1) is 30.3. The molecule has 10 aromatic rings. The van der Waals surface area contributed by atoms with E-state index in [9.17, 15) is 0 Å². The van der Waals surface area contributed by atoms with Crippen molar-refractivity contribution < 1.29 is 21.1 Å². The van der Waals surface area contributed by atoms with E-state index in [0.29, 0.717) is 0 Å². The fraction of sp³-hybridized carbons (Fsp3) is 0.0455. The number of rotatable bonds is 4. The van der Waals surface area contributed by atoms with Crippen molar-refractivity contribution in [1.82, 2.24) is 24.1 Å². The molecule has 0 radical (unpaired) electrons. The molecule has 240 valence electrons. The summed E-state index contributed by atoms with van der Waals surface area (Å²) in [5.41, 5.74) is 12.4. The van der Waals surface area contributed by atoms with Gasteiger partial charge in [0.1, 0.15) is 11.6 Å². The van der Waals surface area contributed by atoms with E-state index in [0.717, 1.165) is 88.8 Å². The maximum absolute atomic E-state index is 5.51. The summed E-state index contributed by atoms with van der Waals surface area (Å²) in [6.07, 6.45) is 1.84. The molecule has 5 nitrogen and oxygen atoms in total. The number of hydrogen-bond acceptors (Lipinski definition) is 2. The first-order valence-corrected chi connectivity index (χ1v) is 16.5. The van der Waals surface area contributed by atoms with E-state index in [1.54, 1.807) is 0 Å². The molecule has 6 aromatic carbocycles. The number of aryl methyl sites for hydroxylation is 2. The zero-order valence-corrected chi connectivity index (χ0v) is 29.6. The second-order valence-corrected chi connectivity index (χ2v) is 12.8. The van der Waals surface area contributed by atoms with Gasteiger partial charge in [0, 0.05) is 23.0 Å². The minimum atomic E-state index is 0. The molecular weight excluding hydrogens is 794 g/mol. The number of hydrogen-bond donors (Lipinski definition) is 0. The molecule has 0 atom stereocenters. The minimum Gasteiger partial charge on any atom is -0.656 e. The average Bonchev–Trinajstić information content (AvgIpc) is 3.81. The van der Waals surface area contributed by atoms with Crippen LogP contribution in [-0.4, -0.2) is 19.1 Å². The molecule has 0 bridgehead atoms.